The van der Waals surface area contributed by atoms with Crippen molar-refractivity contribution in [3.05, 3.63) is 23.3 Å². The summed E-state index contributed by atoms with van der Waals surface area (Å²) in [6.45, 7) is 9.41. The number of rotatable bonds is 12. The third kappa shape index (κ3) is 6.77. The van der Waals surface area contributed by atoms with Gasteiger partial charge in [0.15, 0.2) is 0 Å². The monoisotopic (exact) mass is 332 g/mol. The zero-order valence-electron chi connectivity index (χ0n) is 17.3. The highest BCUT2D eigenvalue weighted by Gasteiger charge is 2.32. The molecule has 140 valence electrons. The van der Waals surface area contributed by atoms with Crippen molar-refractivity contribution in [3.63, 3.8) is 0 Å². The number of unbranched alkanes of at least 4 members (excludes halogenated alkanes) is 4. The summed E-state index contributed by atoms with van der Waals surface area (Å²) in [5, 5.41) is 0. The smallest absolute Gasteiger partial charge is 0.00934 e. The van der Waals surface area contributed by atoms with E-state index in [1.165, 1.54) is 96.3 Å². The van der Waals surface area contributed by atoms with E-state index >= 15 is 0 Å². The Morgan fingerprint density at radius 2 is 1.38 bits per heavy atom. The minimum absolute atomic E-state index is 0.394. The molecule has 0 heterocycles. The van der Waals surface area contributed by atoms with Crippen LogP contribution in [0.2, 0.25) is 0 Å². The number of allylic oxidation sites excluding steroid dienone is 4. The molecule has 0 amide bonds. The van der Waals surface area contributed by atoms with Gasteiger partial charge in [-0.15, -0.1) is 0 Å². The molecule has 0 aromatic rings. The van der Waals surface area contributed by atoms with Gasteiger partial charge in [0.25, 0.3) is 0 Å². The van der Waals surface area contributed by atoms with Crippen LogP contribution in [0.15, 0.2) is 23.3 Å². The molecular weight excluding hydrogens is 288 g/mol. The van der Waals surface area contributed by atoms with Gasteiger partial charge in [-0.2, -0.15) is 0 Å². The van der Waals surface area contributed by atoms with Gasteiger partial charge in [-0.05, 0) is 57.8 Å². The molecule has 0 spiro atoms. The van der Waals surface area contributed by atoms with E-state index in [0.29, 0.717) is 5.41 Å². The highest BCUT2D eigenvalue weighted by molar-refractivity contribution is 5.29. The second kappa shape index (κ2) is 12.8. The van der Waals surface area contributed by atoms with Crippen LogP contribution in [-0.4, -0.2) is 0 Å². The van der Waals surface area contributed by atoms with Crippen molar-refractivity contribution in [1.29, 1.82) is 0 Å². The van der Waals surface area contributed by atoms with E-state index in [1.807, 2.05) is 11.1 Å². The fourth-order valence-electron chi connectivity index (χ4n) is 4.37. The predicted molar refractivity (Wildman–Crippen MR) is 111 cm³/mol. The second-order valence-electron chi connectivity index (χ2n) is 7.95. The van der Waals surface area contributed by atoms with Crippen LogP contribution in [0.1, 0.15) is 124 Å². The zero-order chi connectivity index (χ0) is 17.7. The maximum absolute atomic E-state index is 2.68. The first-order valence-electron chi connectivity index (χ1n) is 11.1. The van der Waals surface area contributed by atoms with Crippen LogP contribution in [0.3, 0.4) is 0 Å². The van der Waals surface area contributed by atoms with Gasteiger partial charge in [-0.25, -0.2) is 0 Å². The largest absolute Gasteiger partial charge is 0.0876 e. The van der Waals surface area contributed by atoms with Crippen molar-refractivity contribution in [2.75, 3.05) is 0 Å². The van der Waals surface area contributed by atoms with E-state index in [-0.39, 0.29) is 0 Å². The van der Waals surface area contributed by atoms with E-state index in [1.54, 1.807) is 0 Å². The Kier molecular flexibility index (Phi) is 11.5. The summed E-state index contributed by atoms with van der Waals surface area (Å²) in [6, 6.07) is 0. The van der Waals surface area contributed by atoms with Gasteiger partial charge in [-0.3, -0.25) is 0 Å². The predicted octanol–water partition coefficient (Wildman–Crippen LogP) is 8.77. The Labute approximate surface area is 153 Å². The van der Waals surface area contributed by atoms with Gasteiger partial charge in [-0.1, -0.05) is 89.5 Å². The lowest BCUT2D eigenvalue weighted by Crippen LogP contribution is -2.24. The highest BCUT2D eigenvalue weighted by atomic mass is 14.4. The summed E-state index contributed by atoms with van der Waals surface area (Å²) < 4.78 is 0. The summed E-state index contributed by atoms with van der Waals surface area (Å²) in [5.41, 5.74) is 4.14. The van der Waals surface area contributed by atoms with Crippen LogP contribution in [0.25, 0.3) is 0 Å². The van der Waals surface area contributed by atoms with E-state index in [9.17, 15) is 0 Å². The van der Waals surface area contributed by atoms with Crippen molar-refractivity contribution in [1.82, 2.24) is 0 Å². The van der Waals surface area contributed by atoms with Crippen molar-refractivity contribution in [2.24, 2.45) is 5.41 Å². The maximum Gasteiger partial charge on any atom is 0.00934 e. The van der Waals surface area contributed by atoms with Gasteiger partial charge in [0.05, 0.1) is 0 Å². The van der Waals surface area contributed by atoms with E-state index in [2.05, 4.69) is 39.8 Å². The molecule has 1 aliphatic rings. The first kappa shape index (κ1) is 21.5. The van der Waals surface area contributed by atoms with Gasteiger partial charge in [0, 0.05) is 5.41 Å². The maximum atomic E-state index is 2.68. The van der Waals surface area contributed by atoms with Crippen LogP contribution < -0.4 is 0 Å². The van der Waals surface area contributed by atoms with Gasteiger partial charge in [0.1, 0.15) is 0 Å². The van der Waals surface area contributed by atoms with E-state index < -0.39 is 0 Å². The quantitative estimate of drug-likeness (QED) is 0.313. The summed E-state index contributed by atoms with van der Waals surface area (Å²) in [6.07, 6.45) is 25.5. The molecule has 0 fully saturated rings. The second-order valence-corrected chi connectivity index (χ2v) is 7.95. The molecular formula is C24H44. The fourth-order valence-corrected chi connectivity index (χ4v) is 4.37. The number of hydrogen-bond acceptors (Lipinski definition) is 0. The van der Waals surface area contributed by atoms with Gasteiger partial charge >= 0.3 is 0 Å². The molecule has 24 heavy (non-hydrogen) atoms. The van der Waals surface area contributed by atoms with Crippen molar-refractivity contribution >= 4 is 0 Å². The molecule has 0 aromatic heterocycles. The highest BCUT2D eigenvalue weighted by Crippen LogP contribution is 2.46. The summed E-state index contributed by atoms with van der Waals surface area (Å²) >= 11 is 0. The van der Waals surface area contributed by atoms with Crippen LogP contribution in [0.5, 0.6) is 0 Å². The minimum Gasteiger partial charge on any atom is -0.0876 e. The first-order valence-corrected chi connectivity index (χ1v) is 11.1. The lowest BCUT2D eigenvalue weighted by atomic mass is 9.67. The molecule has 1 rings (SSSR count). The van der Waals surface area contributed by atoms with Gasteiger partial charge < -0.3 is 0 Å². The van der Waals surface area contributed by atoms with Gasteiger partial charge in [0.2, 0.25) is 0 Å². The van der Waals surface area contributed by atoms with E-state index in [4.69, 9.17) is 0 Å². The SMILES string of the molecule is CCCCC1=C(CCCC)C(CCCC)(CCCC)C=CCCC1. The van der Waals surface area contributed by atoms with Crippen LogP contribution in [0.4, 0.5) is 0 Å². The van der Waals surface area contributed by atoms with Crippen molar-refractivity contribution in [2.45, 2.75) is 124 Å². The van der Waals surface area contributed by atoms with Crippen LogP contribution >= 0.6 is 0 Å². The molecule has 1 aliphatic carbocycles. The molecule has 0 unspecified atom stereocenters. The molecule has 0 N–H and O–H groups in total. The number of hydrogen-bond donors (Lipinski definition) is 0. The summed E-state index contributed by atoms with van der Waals surface area (Å²) in [7, 11) is 0. The topological polar surface area (TPSA) is 0 Å². The average molecular weight is 333 g/mol. The molecule has 0 heteroatoms. The summed E-state index contributed by atoms with van der Waals surface area (Å²) in [4.78, 5) is 0. The Hall–Kier alpha value is -0.520. The van der Waals surface area contributed by atoms with Crippen LogP contribution in [-0.2, 0) is 0 Å². The van der Waals surface area contributed by atoms with Crippen molar-refractivity contribution < 1.29 is 0 Å². The molecule has 0 atom stereocenters. The average Bonchev–Trinajstić information content (AvgIpc) is 2.59. The molecule has 0 aromatic carbocycles. The zero-order valence-corrected chi connectivity index (χ0v) is 17.3. The molecule has 0 aliphatic heterocycles. The lowest BCUT2D eigenvalue weighted by molar-refractivity contribution is 0.341. The third-order valence-corrected chi connectivity index (χ3v) is 5.88. The normalized spacial score (nSPS) is 17.8. The third-order valence-electron chi connectivity index (χ3n) is 5.88. The summed E-state index contributed by atoms with van der Waals surface area (Å²) in [5.74, 6) is 0. The minimum atomic E-state index is 0.394. The lowest BCUT2D eigenvalue weighted by Gasteiger charge is -2.38. The standard InChI is InChI=1S/C24H44/c1-5-9-16-22-17-14-13-15-21-24(19-11-7-3,20-12-8-4)23(22)18-10-6-2/h15,21H,5-14,16-20H2,1-4H3. The Morgan fingerprint density at radius 3 is 1.96 bits per heavy atom. The van der Waals surface area contributed by atoms with E-state index in [0.717, 1.165) is 0 Å². The Bertz CT molecular complexity index is 363. The molecule has 0 saturated heterocycles. The Balaban J connectivity index is 3.24. The Morgan fingerprint density at radius 1 is 0.792 bits per heavy atom. The molecule has 0 radical (unpaired) electrons. The molecule has 0 saturated carbocycles. The first-order chi connectivity index (χ1) is 11.7. The van der Waals surface area contributed by atoms with Crippen molar-refractivity contribution in [3.8, 4) is 0 Å². The van der Waals surface area contributed by atoms with Crippen LogP contribution in [0, 0.1) is 5.41 Å². The molecule has 0 bridgehead atoms. The fraction of sp³-hybridized carbons (Fsp3) is 0.833. The molecule has 0 nitrogen and oxygen atoms in total.